The predicted octanol–water partition coefficient (Wildman–Crippen LogP) is 3.20. The molecular formula is C15H24N2S. The van der Waals surface area contributed by atoms with E-state index in [4.69, 9.17) is 0 Å². The van der Waals surface area contributed by atoms with Crippen molar-refractivity contribution >= 4 is 11.3 Å². The molecule has 100 valence electrons. The van der Waals surface area contributed by atoms with E-state index in [2.05, 4.69) is 28.6 Å². The number of likely N-dealkylation sites (tertiary alicyclic amines) is 1. The zero-order valence-electron chi connectivity index (χ0n) is 11.3. The lowest BCUT2D eigenvalue weighted by atomic mass is 9.94. The molecule has 1 aliphatic carbocycles. The lowest BCUT2D eigenvalue weighted by Gasteiger charge is -2.28. The molecule has 1 aromatic heterocycles. The first-order chi connectivity index (χ1) is 8.88. The van der Waals surface area contributed by atoms with Gasteiger partial charge in [-0.3, -0.25) is 4.90 Å². The van der Waals surface area contributed by atoms with Crippen molar-refractivity contribution < 1.29 is 0 Å². The number of nitrogens with one attached hydrogen (secondary N) is 1. The van der Waals surface area contributed by atoms with Crippen molar-refractivity contribution in [1.29, 1.82) is 0 Å². The molecule has 1 aliphatic heterocycles. The van der Waals surface area contributed by atoms with Crippen LogP contribution in [0.3, 0.4) is 0 Å². The maximum atomic E-state index is 3.84. The molecule has 1 fully saturated rings. The van der Waals surface area contributed by atoms with Crippen LogP contribution in [0.15, 0.2) is 11.4 Å². The van der Waals surface area contributed by atoms with Gasteiger partial charge in [-0.2, -0.15) is 0 Å². The third-order valence-corrected chi connectivity index (χ3v) is 5.55. The third kappa shape index (κ3) is 2.49. The number of nitrogens with zero attached hydrogens (tertiary/aromatic N) is 1. The molecule has 2 atom stereocenters. The number of hydrogen-bond donors (Lipinski definition) is 1. The van der Waals surface area contributed by atoms with Gasteiger partial charge in [-0.25, -0.2) is 0 Å². The van der Waals surface area contributed by atoms with Gasteiger partial charge in [-0.05, 0) is 62.2 Å². The Bertz CT molecular complexity index is 388. The van der Waals surface area contributed by atoms with Gasteiger partial charge in [0, 0.05) is 23.5 Å². The van der Waals surface area contributed by atoms with Gasteiger partial charge in [0.05, 0.1) is 0 Å². The van der Waals surface area contributed by atoms with Crippen LogP contribution in [0.25, 0.3) is 0 Å². The largest absolute Gasteiger partial charge is 0.308 e. The molecule has 18 heavy (non-hydrogen) atoms. The minimum Gasteiger partial charge on any atom is -0.308 e. The molecule has 1 aromatic rings. The monoisotopic (exact) mass is 264 g/mol. The number of rotatable bonds is 4. The second-order valence-electron chi connectivity index (χ2n) is 5.58. The van der Waals surface area contributed by atoms with Crippen molar-refractivity contribution in [3.05, 3.63) is 21.9 Å². The molecule has 0 spiro atoms. The number of thiophene rings is 1. The zero-order chi connectivity index (χ0) is 12.4. The van der Waals surface area contributed by atoms with Crippen molar-refractivity contribution in [3.8, 4) is 0 Å². The van der Waals surface area contributed by atoms with Gasteiger partial charge in [-0.1, -0.05) is 6.92 Å². The molecule has 0 amide bonds. The highest BCUT2D eigenvalue weighted by molar-refractivity contribution is 7.10. The zero-order valence-corrected chi connectivity index (χ0v) is 12.1. The van der Waals surface area contributed by atoms with Crippen LogP contribution >= 0.6 is 11.3 Å². The van der Waals surface area contributed by atoms with Crippen LogP contribution in [0.4, 0.5) is 0 Å². The van der Waals surface area contributed by atoms with Crippen LogP contribution < -0.4 is 5.32 Å². The van der Waals surface area contributed by atoms with E-state index in [9.17, 15) is 0 Å². The summed E-state index contributed by atoms with van der Waals surface area (Å²) >= 11 is 1.94. The Kier molecular flexibility index (Phi) is 4.02. The minimum atomic E-state index is 0.624. The minimum absolute atomic E-state index is 0.624. The fourth-order valence-corrected chi connectivity index (χ4v) is 4.51. The summed E-state index contributed by atoms with van der Waals surface area (Å²) in [7, 11) is 0. The smallest absolute Gasteiger partial charge is 0.0332 e. The predicted molar refractivity (Wildman–Crippen MR) is 78.3 cm³/mol. The third-order valence-electron chi connectivity index (χ3n) is 4.56. The van der Waals surface area contributed by atoms with Gasteiger partial charge >= 0.3 is 0 Å². The van der Waals surface area contributed by atoms with Crippen molar-refractivity contribution in [2.75, 3.05) is 19.6 Å². The van der Waals surface area contributed by atoms with E-state index in [1.54, 1.807) is 10.4 Å². The van der Waals surface area contributed by atoms with E-state index in [0.29, 0.717) is 6.04 Å². The summed E-state index contributed by atoms with van der Waals surface area (Å²) < 4.78 is 0. The second-order valence-corrected chi connectivity index (χ2v) is 6.58. The fourth-order valence-electron chi connectivity index (χ4n) is 3.52. The summed E-state index contributed by atoms with van der Waals surface area (Å²) in [5, 5.41) is 6.10. The first-order valence-electron chi connectivity index (χ1n) is 7.42. The molecule has 2 nitrogen and oxygen atoms in total. The normalized spacial score (nSPS) is 28.5. The maximum absolute atomic E-state index is 3.84. The SMILES string of the molecule is CCN1CCCC1CNC1CCCc2sccc21. The van der Waals surface area contributed by atoms with Crippen molar-refractivity contribution in [2.24, 2.45) is 0 Å². The van der Waals surface area contributed by atoms with Crippen molar-refractivity contribution in [3.63, 3.8) is 0 Å². The second kappa shape index (κ2) is 5.72. The van der Waals surface area contributed by atoms with Gasteiger partial charge < -0.3 is 5.32 Å². The molecule has 0 saturated carbocycles. The summed E-state index contributed by atoms with van der Waals surface area (Å²) in [5.74, 6) is 0. The van der Waals surface area contributed by atoms with Crippen LogP contribution in [-0.4, -0.2) is 30.6 Å². The van der Waals surface area contributed by atoms with Crippen LogP contribution in [0.5, 0.6) is 0 Å². The first kappa shape index (κ1) is 12.6. The van der Waals surface area contributed by atoms with Crippen LogP contribution in [-0.2, 0) is 6.42 Å². The molecule has 3 heteroatoms. The quantitative estimate of drug-likeness (QED) is 0.898. The molecular weight excluding hydrogens is 240 g/mol. The summed E-state index contributed by atoms with van der Waals surface area (Å²) in [6.07, 6.45) is 6.74. The molecule has 0 bridgehead atoms. The van der Waals surface area contributed by atoms with E-state index < -0.39 is 0 Å². The highest BCUT2D eigenvalue weighted by Gasteiger charge is 2.25. The molecule has 1 N–H and O–H groups in total. The topological polar surface area (TPSA) is 15.3 Å². The average Bonchev–Trinajstić information content (AvgIpc) is 3.04. The summed E-state index contributed by atoms with van der Waals surface area (Å²) in [4.78, 5) is 4.25. The molecule has 1 saturated heterocycles. The van der Waals surface area contributed by atoms with Gasteiger partial charge in [0.25, 0.3) is 0 Å². The molecule has 2 unspecified atom stereocenters. The Hall–Kier alpha value is -0.380. The van der Waals surface area contributed by atoms with E-state index in [1.165, 1.54) is 51.7 Å². The average molecular weight is 264 g/mol. The van der Waals surface area contributed by atoms with Gasteiger partial charge in [0.2, 0.25) is 0 Å². The van der Waals surface area contributed by atoms with E-state index in [0.717, 1.165) is 6.04 Å². The molecule has 2 heterocycles. The lowest BCUT2D eigenvalue weighted by Crippen LogP contribution is -2.39. The molecule has 0 radical (unpaired) electrons. The summed E-state index contributed by atoms with van der Waals surface area (Å²) in [5.41, 5.74) is 1.59. The van der Waals surface area contributed by atoms with Crippen molar-refractivity contribution in [1.82, 2.24) is 10.2 Å². The summed E-state index contributed by atoms with van der Waals surface area (Å²) in [6.45, 7) is 5.97. The van der Waals surface area contributed by atoms with Crippen LogP contribution in [0.1, 0.15) is 49.1 Å². The van der Waals surface area contributed by atoms with E-state index >= 15 is 0 Å². The number of fused-ring (bicyclic) bond motifs is 1. The van der Waals surface area contributed by atoms with Crippen LogP contribution in [0.2, 0.25) is 0 Å². The summed E-state index contributed by atoms with van der Waals surface area (Å²) in [6, 6.07) is 3.74. The Morgan fingerprint density at radius 2 is 2.33 bits per heavy atom. The van der Waals surface area contributed by atoms with Crippen LogP contribution in [0, 0.1) is 0 Å². The fraction of sp³-hybridized carbons (Fsp3) is 0.733. The molecule has 0 aromatic carbocycles. The van der Waals surface area contributed by atoms with Gasteiger partial charge in [0.1, 0.15) is 0 Å². The lowest BCUT2D eigenvalue weighted by molar-refractivity contribution is 0.251. The Labute approximate surface area is 114 Å². The van der Waals surface area contributed by atoms with E-state index in [1.807, 2.05) is 11.3 Å². The number of likely N-dealkylation sites (N-methyl/N-ethyl adjacent to an activating group) is 1. The Morgan fingerprint density at radius 1 is 1.39 bits per heavy atom. The standard InChI is InChI=1S/C15H24N2S/c1-2-17-9-4-5-12(17)11-16-14-6-3-7-15-13(14)8-10-18-15/h8,10,12,14,16H,2-7,9,11H2,1H3. The van der Waals surface area contributed by atoms with Crippen molar-refractivity contribution in [2.45, 2.75) is 51.1 Å². The first-order valence-corrected chi connectivity index (χ1v) is 8.30. The molecule has 3 rings (SSSR count). The van der Waals surface area contributed by atoms with Gasteiger partial charge in [0.15, 0.2) is 0 Å². The van der Waals surface area contributed by atoms with Gasteiger partial charge in [-0.15, -0.1) is 11.3 Å². The molecule has 2 aliphatic rings. The highest BCUT2D eigenvalue weighted by atomic mass is 32.1. The number of hydrogen-bond acceptors (Lipinski definition) is 3. The maximum Gasteiger partial charge on any atom is 0.0332 e. The highest BCUT2D eigenvalue weighted by Crippen LogP contribution is 2.33. The number of aryl methyl sites for hydroxylation is 1. The Balaban J connectivity index is 1.58. The Morgan fingerprint density at radius 3 is 3.22 bits per heavy atom. The van der Waals surface area contributed by atoms with E-state index in [-0.39, 0.29) is 0 Å².